The van der Waals surface area contributed by atoms with Crippen molar-refractivity contribution in [3.8, 4) is 0 Å². The molecular formula is C18H18ClN3O3S. The van der Waals surface area contributed by atoms with Gasteiger partial charge in [-0.1, -0.05) is 11.6 Å². The third kappa shape index (κ3) is 3.45. The van der Waals surface area contributed by atoms with Crippen molar-refractivity contribution in [3.63, 3.8) is 0 Å². The van der Waals surface area contributed by atoms with Crippen molar-refractivity contribution < 1.29 is 14.3 Å². The largest absolute Gasteiger partial charge is 0.468 e. The predicted octanol–water partition coefficient (Wildman–Crippen LogP) is 4.14. The van der Waals surface area contributed by atoms with Crippen LogP contribution in [0.5, 0.6) is 0 Å². The number of aryl methyl sites for hydroxylation is 1. The van der Waals surface area contributed by atoms with Crippen LogP contribution in [0.2, 0.25) is 5.02 Å². The zero-order chi connectivity index (χ0) is 18.9. The van der Waals surface area contributed by atoms with Gasteiger partial charge in [-0.15, -0.1) is 11.3 Å². The molecule has 0 spiro atoms. The quantitative estimate of drug-likeness (QED) is 0.799. The van der Waals surface area contributed by atoms with Gasteiger partial charge >= 0.3 is 12.0 Å². The molecule has 0 saturated carbocycles. The van der Waals surface area contributed by atoms with Gasteiger partial charge < -0.3 is 10.1 Å². The van der Waals surface area contributed by atoms with Crippen LogP contribution in [0, 0.1) is 12.3 Å². The lowest BCUT2D eigenvalue weighted by atomic mass is 9.85. The molecule has 26 heavy (non-hydrogen) atoms. The molecular weight excluding hydrogens is 374 g/mol. The number of carbonyl (C=O) groups is 2. The second kappa shape index (κ2) is 7.09. The van der Waals surface area contributed by atoms with E-state index in [1.807, 2.05) is 18.4 Å². The Morgan fingerprint density at radius 2 is 2.04 bits per heavy atom. The molecule has 6 nitrogen and oxygen atoms in total. The van der Waals surface area contributed by atoms with Crippen LogP contribution in [-0.4, -0.2) is 36.4 Å². The molecule has 0 saturated heterocycles. The number of esters is 1. The molecule has 2 amide bonds. The van der Waals surface area contributed by atoms with Crippen LogP contribution in [0.25, 0.3) is 0 Å². The van der Waals surface area contributed by atoms with Gasteiger partial charge in [-0.2, -0.15) is 5.10 Å². The molecule has 1 atom stereocenters. The Hall–Kier alpha value is -2.38. The van der Waals surface area contributed by atoms with Crippen molar-refractivity contribution in [2.75, 3.05) is 19.0 Å². The Kier molecular flexibility index (Phi) is 5.02. The number of benzene rings is 1. The van der Waals surface area contributed by atoms with Gasteiger partial charge in [0, 0.05) is 10.7 Å². The highest BCUT2D eigenvalue weighted by molar-refractivity contribution is 7.12. The molecule has 2 aromatic rings. The second-order valence-corrected chi connectivity index (χ2v) is 7.60. The van der Waals surface area contributed by atoms with E-state index in [-0.39, 0.29) is 6.54 Å². The zero-order valence-corrected chi connectivity index (χ0v) is 16.1. The molecule has 136 valence electrons. The van der Waals surface area contributed by atoms with Crippen LogP contribution in [0.15, 0.2) is 40.8 Å². The first-order chi connectivity index (χ1) is 12.3. The van der Waals surface area contributed by atoms with Crippen molar-refractivity contribution in [2.24, 2.45) is 10.5 Å². The minimum absolute atomic E-state index is 0.103. The summed E-state index contributed by atoms with van der Waals surface area (Å²) in [5.74, 6) is -0.427. The first-order valence-corrected chi connectivity index (χ1v) is 9.16. The van der Waals surface area contributed by atoms with Gasteiger partial charge in [-0.3, -0.25) is 4.79 Å². The summed E-state index contributed by atoms with van der Waals surface area (Å²) in [4.78, 5) is 25.9. The molecule has 1 unspecified atom stereocenters. The minimum Gasteiger partial charge on any atom is -0.468 e. The van der Waals surface area contributed by atoms with Gasteiger partial charge in [-0.25, -0.2) is 9.80 Å². The standard InChI is InChI=1S/C18H18ClN3O3S/c1-11-8-14(26-9-11)15-18(2,16(23)25-3)10-22(21-15)17(24)20-13-6-4-12(19)5-7-13/h4-9H,10H2,1-3H3,(H,20,24). The number of methoxy groups -OCH3 is 1. The maximum atomic E-state index is 12.6. The monoisotopic (exact) mass is 391 g/mol. The van der Waals surface area contributed by atoms with E-state index in [4.69, 9.17) is 16.3 Å². The van der Waals surface area contributed by atoms with Gasteiger partial charge in [0.25, 0.3) is 0 Å². The van der Waals surface area contributed by atoms with E-state index >= 15 is 0 Å². The van der Waals surface area contributed by atoms with Crippen molar-refractivity contribution in [1.29, 1.82) is 0 Å². The summed E-state index contributed by atoms with van der Waals surface area (Å²) < 4.78 is 4.97. The summed E-state index contributed by atoms with van der Waals surface area (Å²) in [6, 6.07) is 8.29. The number of hydrazone groups is 1. The average molecular weight is 392 g/mol. The Bertz CT molecular complexity index is 878. The predicted molar refractivity (Wildman–Crippen MR) is 103 cm³/mol. The summed E-state index contributed by atoms with van der Waals surface area (Å²) in [6.45, 7) is 3.81. The highest BCUT2D eigenvalue weighted by atomic mass is 35.5. The summed E-state index contributed by atoms with van der Waals surface area (Å²) in [5.41, 5.74) is 1.18. The summed E-state index contributed by atoms with van der Waals surface area (Å²) in [7, 11) is 1.33. The highest BCUT2D eigenvalue weighted by Gasteiger charge is 2.48. The zero-order valence-electron chi connectivity index (χ0n) is 14.6. The van der Waals surface area contributed by atoms with Gasteiger partial charge in [0.05, 0.1) is 24.2 Å². The number of nitrogens with one attached hydrogen (secondary N) is 1. The summed E-state index contributed by atoms with van der Waals surface area (Å²) >= 11 is 7.34. The summed E-state index contributed by atoms with van der Waals surface area (Å²) in [5, 5.41) is 11.0. The summed E-state index contributed by atoms with van der Waals surface area (Å²) in [6.07, 6.45) is 0. The number of anilines is 1. The molecule has 0 fully saturated rings. The Morgan fingerprint density at radius 3 is 2.62 bits per heavy atom. The fourth-order valence-electron chi connectivity index (χ4n) is 2.74. The molecule has 0 radical (unpaired) electrons. The molecule has 1 aromatic heterocycles. The smallest absolute Gasteiger partial charge is 0.342 e. The fraction of sp³-hybridized carbons (Fsp3) is 0.278. The van der Waals surface area contributed by atoms with E-state index in [1.165, 1.54) is 23.5 Å². The molecule has 3 rings (SSSR count). The number of amides is 2. The van der Waals surface area contributed by atoms with Crippen LogP contribution in [-0.2, 0) is 9.53 Å². The number of ether oxygens (including phenoxy) is 1. The third-order valence-electron chi connectivity index (χ3n) is 4.14. The van der Waals surface area contributed by atoms with E-state index in [0.717, 1.165) is 10.4 Å². The molecule has 0 aliphatic carbocycles. The van der Waals surface area contributed by atoms with E-state index < -0.39 is 17.4 Å². The molecule has 2 heterocycles. The molecule has 8 heteroatoms. The number of thiophene rings is 1. The average Bonchev–Trinajstić information content (AvgIpc) is 3.20. The molecule has 1 N–H and O–H groups in total. The number of urea groups is 1. The van der Waals surface area contributed by atoms with Crippen molar-refractivity contribution >= 4 is 46.3 Å². The van der Waals surface area contributed by atoms with Crippen molar-refractivity contribution in [2.45, 2.75) is 13.8 Å². The number of rotatable bonds is 3. The van der Waals surface area contributed by atoms with Crippen LogP contribution in [0.1, 0.15) is 17.4 Å². The van der Waals surface area contributed by atoms with Gasteiger partial charge in [0.1, 0.15) is 5.41 Å². The molecule has 1 aliphatic rings. The number of halogens is 1. The third-order valence-corrected chi connectivity index (χ3v) is 5.45. The van der Waals surface area contributed by atoms with E-state index in [9.17, 15) is 9.59 Å². The number of hydrogen-bond donors (Lipinski definition) is 1. The fourth-order valence-corrected chi connectivity index (χ4v) is 3.88. The van der Waals surface area contributed by atoms with Gasteiger partial charge in [-0.05, 0) is 55.1 Å². The van der Waals surface area contributed by atoms with Gasteiger partial charge in [0.2, 0.25) is 0 Å². The lowest BCUT2D eigenvalue weighted by Crippen LogP contribution is -2.41. The first-order valence-electron chi connectivity index (χ1n) is 7.90. The van der Waals surface area contributed by atoms with Crippen molar-refractivity contribution in [1.82, 2.24) is 5.01 Å². The van der Waals surface area contributed by atoms with Crippen LogP contribution < -0.4 is 5.32 Å². The molecule has 0 bridgehead atoms. The molecule has 1 aromatic carbocycles. The number of carbonyl (C=O) groups excluding carboxylic acids is 2. The van der Waals surface area contributed by atoms with E-state index in [1.54, 1.807) is 31.2 Å². The van der Waals surface area contributed by atoms with Crippen LogP contribution in [0.3, 0.4) is 0 Å². The molecule has 1 aliphatic heterocycles. The second-order valence-electron chi connectivity index (χ2n) is 6.26. The highest BCUT2D eigenvalue weighted by Crippen LogP contribution is 2.35. The van der Waals surface area contributed by atoms with E-state index in [0.29, 0.717) is 16.4 Å². The first kappa shape index (κ1) is 18.4. The van der Waals surface area contributed by atoms with E-state index in [2.05, 4.69) is 10.4 Å². The van der Waals surface area contributed by atoms with Crippen LogP contribution in [0.4, 0.5) is 10.5 Å². The van der Waals surface area contributed by atoms with Gasteiger partial charge in [0.15, 0.2) is 0 Å². The maximum absolute atomic E-state index is 12.6. The van der Waals surface area contributed by atoms with Crippen molar-refractivity contribution in [3.05, 3.63) is 51.2 Å². The van der Waals surface area contributed by atoms with Crippen LogP contribution >= 0.6 is 22.9 Å². The lowest BCUT2D eigenvalue weighted by molar-refractivity contribution is -0.147. The Labute approximate surface area is 160 Å². The number of hydrogen-bond acceptors (Lipinski definition) is 5. The lowest BCUT2D eigenvalue weighted by Gasteiger charge is -2.22. The normalized spacial score (nSPS) is 19.2. The SMILES string of the molecule is COC(=O)C1(C)CN(C(=O)Nc2ccc(Cl)cc2)N=C1c1cc(C)cs1. The maximum Gasteiger partial charge on any atom is 0.342 e. The Morgan fingerprint density at radius 1 is 1.35 bits per heavy atom. The Balaban J connectivity index is 1.88. The minimum atomic E-state index is -1.02. The number of nitrogens with zero attached hydrogens (tertiary/aromatic N) is 2. The topological polar surface area (TPSA) is 71.0 Å².